The minimum absolute atomic E-state index is 0.162. The molecular formula is C70H50N2. The Balaban J connectivity index is 0.986. The molecule has 3 aliphatic carbocycles. The van der Waals surface area contributed by atoms with E-state index < -0.39 is 5.41 Å². The summed E-state index contributed by atoms with van der Waals surface area (Å²) in [6, 6.07) is 99.1. The molecule has 340 valence electrons. The third kappa shape index (κ3) is 6.22. The molecule has 1 unspecified atom stereocenters. The summed E-state index contributed by atoms with van der Waals surface area (Å²) in [5.41, 5.74) is 26.5. The number of nitrogens with zero attached hydrogens (tertiary/aromatic N) is 2. The summed E-state index contributed by atoms with van der Waals surface area (Å²) in [7, 11) is 0. The van der Waals surface area contributed by atoms with Gasteiger partial charge in [-0.25, -0.2) is 0 Å². The van der Waals surface area contributed by atoms with Gasteiger partial charge in [-0.15, -0.1) is 0 Å². The molecule has 14 rings (SSSR count). The second kappa shape index (κ2) is 16.3. The van der Waals surface area contributed by atoms with Crippen molar-refractivity contribution in [2.45, 2.75) is 24.7 Å². The molecule has 0 N–H and O–H groups in total. The average molecular weight is 919 g/mol. The zero-order valence-corrected chi connectivity index (χ0v) is 40.3. The van der Waals surface area contributed by atoms with E-state index in [9.17, 15) is 0 Å². The standard InChI is InChI=1S/C70H50N2/c1-69(2)63-31-17-14-28-57(63)60-41-38-52(44-66(60)69)72(51-36-34-48(35-37-51)56-27-13-12-26-55(56)47-20-6-3-7-21-47)54-40-43-62-59-30-16-19-33-65(59)70(68(62)46-54)64-32-18-15-29-58(64)61-42-39-53(45-67(61)70)71(49-22-8-4-9-23-49)50-24-10-5-11-25-50/h3-46H,1-2H3. The highest BCUT2D eigenvalue weighted by molar-refractivity contribution is 5.98. The summed E-state index contributed by atoms with van der Waals surface area (Å²) in [5.74, 6) is 0. The fourth-order valence-electron chi connectivity index (χ4n) is 12.7. The van der Waals surface area contributed by atoms with Crippen LogP contribution in [-0.2, 0) is 10.8 Å². The number of hydrogen-bond donors (Lipinski definition) is 0. The Morgan fingerprint density at radius 1 is 0.222 bits per heavy atom. The fraction of sp³-hybridized carbons (Fsp3) is 0.0571. The molecule has 3 aliphatic rings. The molecule has 11 aromatic carbocycles. The molecule has 1 atom stereocenters. The van der Waals surface area contributed by atoms with Crippen molar-refractivity contribution in [2.24, 2.45) is 0 Å². The predicted octanol–water partition coefficient (Wildman–Crippen LogP) is 18.6. The van der Waals surface area contributed by atoms with Crippen molar-refractivity contribution in [1.82, 2.24) is 0 Å². The van der Waals surface area contributed by atoms with E-state index in [1.807, 2.05) is 0 Å². The summed E-state index contributed by atoms with van der Waals surface area (Å²) in [6.45, 7) is 4.75. The SMILES string of the molecule is CC1(C)c2ccccc2-c2ccc(N(c3ccc(-c4ccccc4-c4ccccc4)cc3)c3ccc4c(c3)C3(c5ccccc5-c5ccc(N(c6ccccc6)c6ccccc6)cc53)c3ccccc3-4)cc21. The third-order valence-corrected chi connectivity index (χ3v) is 15.9. The first-order valence-electron chi connectivity index (χ1n) is 25.2. The first-order valence-corrected chi connectivity index (χ1v) is 25.2. The van der Waals surface area contributed by atoms with Gasteiger partial charge in [-0.05, 0) is 162 Å². The van der Waals surface area contributed by atoms with Crippen LogP contribution >= 0.6 is 0 Å². The second-order valence-corrected chi connectivity index (χ2v) is 20.0. The Kier molecular flexibility index (Phi) is 9.50. The van der Waals surface area contributed by atoms with Crippen LogP contribution in [-0.4, -0.2) is 0 Å². The van der Waals surface area contributed by atoms with Crippen LogP contribution in [0.25, 0.3) is 55.6 Å². The van der Waals surface area contributed by atoms with Gasteiger partial charge in [0.25, 0.3) is 0 Å². The van der Waals surface area contributed by atoms with Crippen LogP contribution in [0.15, 0.2) is 267 Å². The highest BCUT2D eigenvalue weighted by Gasteiger charge is 2.52. The molecule has 11 aromatic rings. The van der Waals surface area contributed by atoms with E-state index in [0.717, 1.165) is 34.1 Å². The fourth-order valence-corrected chi connectivity index (χ4v) is 12.7. The molecule has 0 saturated carbocycles. The van der Waals surface area contributed by atoms with Gasteiger partial charge in [0.2, 0.25) is 0 Å². The van der Waals surface area contributed by atoms with Crippen molar-refractivity contribution in [2.75, 3.05) is 9.80 Å². The molecule has 0 heterocycles. The lowest BCUT2D eigenvalue weighted by molar-refractivity contribution is 0.660. The summed E-state index contributed by atoms with van der Waals surface area (Å²) in [4.78, 5) is 4.89. The van der Waals surface area contributed by atoms with Gasteiger partial charge >= 0.3 is 0 Å². The molecule has 1 spiro atoms. The van der Waals surface area contributed by atoms with Crippen LogP contribution < -0.4 is 9.80 Å². The number of fused-ring (bicyclic) bond motifs is 13. The van der Waals surface area contributed by atoms with Crippen molar-refractivity contribution >= 4 is 34.1 Å². The van der Waals surface area contributed by atoms with E-state index in [-0.39, 0.29) is 5.41 Å². The van der Waals surface area contributed by atoms with E-state index in [0.29, 0.717) is 0 Å². The maximum atomic E-state index is 2.52. The van der Waals surface area contributed by atoms with Gasteiger partial charge in [0.15, 0.2) is 0 Å². The van der Waals surface area contributed by atoms with Gasteiger partial charge in [0.05, 0.1) is 5.41 Å². The summed E-state index contributed by atoms with van der Waals surface area (Å²) in [6.07, 6.45) is 0. The Morgan fingerprint density at radius 3 is 1.01 bits per heavy atom. The molecule has 0 radical (unpaired) electrons. The Labute approximate surface area is 422 Å². The van der Waals surface area contributed by atoms with E-state index in [4.69, 9.17) is 0 Å². The molecule has 2 heteroatoms. The number of rotatable bonds is 8. The lowest BCUT2D eigenvalue weighted by atomic mass is 9.70. The summed E-state index contributed by atoms with van der Waals surface area (Å²) >= 11 is 0. The second-order valence-electron chi connectivity index (χ2n) is 20.0. The van der Waals surface area contributed by atoms with Gasteiger partial charge in [-0.1, -0.05) is 208 Å². The first-order chi connectivity index (χ1) is 35.5. The first kappa shape index (κ1) is 41.9. The molecule has 0 fully saturated rings. The van der Waals surface area contributed by atoms with Crippen LogP contribution in [0.2, 0.25) is 0 Å². The van der Waals surface area contributed by atoms with Gasteiger partial charge in [0.1, 0.15) is 0 Å². The molecule has 0 aliphatic heterocycles. The lowest BCUT2D eigenvalue weighted by Crippen LogP contribution is -2.26. The number of para-hydroxylation sites is 2. The maximum Gasteiger partial charge on any atom is 0.0727 e. The number of anilines is 6. The van der Waals surface area contributed by atoms with Crippen molar-refractivity contribution in [1.29, 1.82) is 0 Å². The quantitative estimate of drug-likeness (QED) is 0.150. The largest absolute Gasteiger partial charge is 0.310 e. The van der Waals surface area contributed by atoms with Crippen molar-refractivity contribution in [3.05, 3.63) is 300 Å². The molecular weight excluding hydrogens is 869 g/mol. The molecule has 0 bridgehead atoms. The summed E-state index contributed by atoms with van der Waals surface area (Å²) in [5, 5.41) is 0. The minimum Gasteiger partial charge on any atom is -0.310 e. The number of hydrogen-bond acceptors (Lipinski definition) is 2. The van der Waals surface area contributed by atoms with Gasteiger partial charge in [-0.2, -0.15) is 0 Å². The average Bonchev–Trinajstić information content (AvgIpc) is 4.00. The van der Waals surface area contributed by atoms with Crippen LogP contribution in [0, 0.1) is 0 Å². The number of benzene rings is 11. The van der Waals surface area contributed by atoms with Gasteiger partial charge in [-0.3, -0.25) is 0 Å². The normalized spacial score (nSPS) is 15.0. The van der Waals surface area contributed by atoms with Crippen molar-refractivity contribution < 1.29 is 0 Å². The smallest absolute Gasteiger partial charge is 0.0727 e. The van der Waals surface area contributed by atoms with Crippen LogP contribution in [0.1, 0.15) is 47.2 Å². The summed E-state index contributed by atoms with van der Waals surface area (Å²) < 4.78 is 0. The topological polar surface area (TPSA) is 6.48 Å². The van der Waals surface area contributed by atoms with Crippen molar-refractivity contribution in [3.63, 3.8) is 0 Å². The highest BCUT2D eigenvalue weighted by atomic mass is 15.1. The van der Waals surface area contributed by atoms with E-state index in [1.165, 1.54) is 89.0 Å². The third-order valence-electron chi connectivity index (χ3n) is 15.9. The minimum atomic E-state index is -0.582. The van der Waals surface area contributed by atoms with E-state index in [1.54, 1.807) is 0 Å². The molecule has 0 aromatic heterocycles. The van der Waals surface area contributed by atoms with Gasteiger partial charge in [0, 0.05) is 39.5 Å². The molecule has 0 amide bonds. The zero-order chi connectivity index (χ0) is 48.0. The molecule has 0 saturated heterocycles. The molecule has 72 heavy (non-hydrogen) atoms. The predicted molar refractivity (Wildman–Crippen MR) is 301 cm³/mol. The van der Waals surface area contributed by atoms with Crippen LogP contribution in [0.4, 0.5) is 34.1 Å². The Hall–Kier alpha value is -8.98. The zero-order valence-electron chi connectivity index (χ0n) is 40.3. The van der Waals surface area contributed by atoms with Crippen molar-refractivity contribution in [3.8, 4) is 55.6 Å². The highest BCUT2D eigenvalue weighted by Crippen LogP contribution is 2.64. The Morgan fingerprint density at radius 2 is 0.528 bits per heavy atom. The van der Waals surface area contributed by atoms with Crippen LogP contribution in [0.5, 0.6) is 0 Å². The van der Waals surface area contributed by atoms with E-state index in [2.05, 4.69) is 291 Å². The van der Waals surface area contributed by atoms with E-state index >= 15 is 0 Å². The molecule has 2 nitrogen and oxygen atoms in total. The maximum absolute atomic E-state index is 2.52. The Bertz CT molecular complexity index is 3840. The monoisotopic (exact) mass is 918 g/mol. The van der Waals surface area contributed by atoms with Gasteiger partial charge < -0.3 is 9.80 Å². The lowest BCUT2D eigenvalue weighted by Gasteiger charge is -2.33. The van der Waals surface area contributed by atoms with Crippen LogP contribution in [0.3, 0.4) is 0 Å².